The van der Waals surface area contributed by atoms with Crippen LogP contribution in [0.4, 0.5) is 8.78 Å². The summed E-state index contributed by atoms with van der Waals surface area (Å²) >= 11 is 0. The molecule has 0 aliphatic rings. The number of rotatable bonds is 4. The van der Waals surface area contributed by atoms with E-state index in [4.69, 9.17) is 5.11 Å². The van der Waals surface area contributed by atoms with Crippen LogP contribution in [-0.4, -0.2) is 31.7 Å². The van der Waals surface area contributed by atoms with E-state index in [9.17, 15) is 18.7 Å². The lowest BCUT2D eigenvalue weighted by Crippen LogP contribution is -2.36. The van der Waals surface area contributed by atoms with Crippen LogP contribution in [0, 0.1) is 0 Å². The standard InChI is InChI=1S/C9H12F2N2O3/c1-5(2)13-4-12-3-6(13)7(14)9(10,11)8(15)16/h3-5,7,14H,1-2H3,(H,15,16). The maximum Gasteiger partial charge on any atom is 0.377 e. The third-order valence-electron chi connectivity index (χ3n) is 2.16. The molecular weight excluding hydrogens is 222 g/mol. The molecule has 1 rings (SSSR count). The van der Waals surface area contributed by atoms with Gasteiger partial charge in [-0.3, -0.25) is 0 Å². The van der Waals surface area contributed by atoms with Gasteiger partial charge in [0, 0.05) is 6.04 Å². The van der Waals surface area contributed by atoms with Gasteiger partial charge in [-0.1, -0.05) is 0 Å². The molecule has 1 aromatic heterocycles. The second-order valence-electron chi connectivity index (χ2n) is 3.65. The number of carboxylic acids is 1. The molecule has 0 saturated heterocycles. The fourth-order valence-electron chi connectivity index (χ4n) is 1.26. The van der Waals surface area contributed by atoms with E-state index in [1.54, 1.807) is 13.8 Å². The van der Waals surface area contributed by atoms with Gasteiger partial charge in [-0.25, -0.2) is 9.78 Å². The number of imidazole rings is 1. The van der Waals surface area contributed by atoms with E-state index in [1.165, 1.54) is 10.9 Å². The number of aliphatic hydroxyl groups is 1. The second-order valence-corrected chi connectivity index (χ2v) is 3.65. The van der Waals surface area contributed by atoms with Gasteiger partial charge in [0.1, 0.15) is 0 Å². The quantitative estimate of drug-likeness (QED) is 0.821. The monoisotopic (exact) mass is 234 g/mol. The predicted molar refractivity (Wildman–Crippen MR) is 50.2 cm³/mol. The lowest BCUT2D eigenvalue weighted by atomic mass is 10.1. The van der Waals surface area contributed by atoms with Gasteiger partial charge >= 0.3 is 11.9 Å². The zero-order chi connectivity index (χ0) is 12.5. The van der Waals surface area contributed by atoms with E-state index < -0.39 is 18.0 Å². The van der Waals surface area contributed by atoms with Crippen LogP contribution in [0.5, 0.6) is 0 Å². The molecular formula is C9H12F2N2O3. The fourth-order valence-corrected chi connectivity index (χ4v) is 1.26. The van der Waals surface area contributed by atoms with Crippen molar-refractivity contribution in [1.29, 1.82) is 0 Å². The first-order valence-electron chi connectivity index (χ1n) is 4.59. The van der Waals surface area contributed by atoms with Gasteiger partial charge in [-0.05, 0) is 13.8 Å². The Bertz CT molecular complexity index is 390. The van der Waals surface area contributed by atoms with E-state index >= 15 is 0 Å². The van der Waals surface area contributed by atoms with Gasteiger partial charge in [0.2, 0.25) is 0 Å². The third-order valence-corrected chi connectivity index (χ3v) is 2.16. The normalized spacial score (nSPS) is 14.1. The van der Waals surface area contributed by atoms with Crippen LogP contribution in [0.1, 0.15) is 31.7 Å². The second kappa shape index (κ2) is 4.17. The van der Waals surface area contributed by atoms with E-state index in [1.807, 2.05) is 0 Å². The van der Waals surface area contributed by atoms with Crippen LogP contribution in [-0.2, 0) is 4.79 Å². The van der Waals surface area contributed by atoms with Crippen molar-refractivity contribution in [3.8, 4) is 0 Å². The molecule has 0 saturated carbocycles. The molecule has 1 heterocycles. The molecule has 0 aliphatic carbocycles. The summed E-state index contributed by atoms with van der Waals surface area (Å²) in [5, 5.41) is 17.6. The highest BCUT2D eigenvalue weighted by molar-refractivity contribution is 5.76. The topological polar surface area (TPSA) is 75.3 Å². The van der Waals surface area contributed by atoms with Gasteiger partial charge in [0.05, 0.1) is 18.2 Å². The average molecular weight is 234 g/mol. The molecule has 5 nitrogen and oxygen atoms in total. The van der Waals surface area contributed by atoms with E-state index in [-0.39, 0.29) is 11.7 Å². The third kappa shape index (κ3) is 2.04. The van der Waals surface area contributed by atoms with Crippen molar-refractivity contribution in [2.45, 2.75) is 31.9 Å². The molecule has 1 unspecified atom stereocenters. The molecule has 0 amide bonds. The lowest BCUT2D eigenvalue weighted by molar-refractivity contribution is -0.183. The molecule has 1 atom stereocenters. The minimum absolute atomic E-state index is 0.197. The summed E-state index contributed by atoms with van der Waals surface area (Å²) in [5.74, 6) is -6.59. The number of nitrogens with zero attached hydrogens (tertiary/aromatic N) is 2. The Labute approximate surface area is 90.3 Å². The number of carboxylic acid groups (broad SMARTS) is 1. The SMILES string of the molecule is CC(C)n1cncc1C(O)C(F)(F)C(=O)O. The summed E-state index contributed by atoms with van der Waals surface area (Å²) in [5.41, 5.74) is -0.220. The fraction of sp³-hybridized carbons (Fsp3) is 0.556. The van der Waals surface area contributed by atoms with Crippen LogP contribution in [0.3, 0.4) is 0 Å². The van der Waals surface area contributed by atoms with E-state index in [2.05, 4.69) is 4.98 Å². The maximum atomic E-state index is 13.1. The maximum absolute atomic E-state index is 13.1. The number of carbonyl (C=O) groups is 1. The Morgan fingerprint density at radius 3 is 2.56 bits per heavy atom. The van der Waals surface area contributed by atoms with E-state index in [0.717, 1.165) is 6.20 Å². The molecule has 2 N–H and O–H groups in total. The van der Waals surface area contributed by atoms with Crippen molar-refractivity contribution in [3.05, 3.63) is 18.2 Å². The summed E-state index contributed by atoms with van der Waals surface area (Å²) in [6.45, 7) is 3.41. The number of aliphatic carboxylic acids is 1. The van der Waals surface area contributed by atoms with Gasteiger partial charge in [0.25, 0.3) is 0 Å². The zero-order valence-electron chi connectivity index (χ0n) is 8.76. The molecule has 0 aromatic carbocycles. The molecule has 0 bridgehead atoms. The number of halogens is 2. The highest BCUT2D eigenvalue weighted by atomic mass is 19.3. The molecule has 90 valence electrons. The van der Waals surface area contributed by atoms with Crippen LogP contribution in [0.15, 0.2) is 12.5 Å². The Morgan fingerprint density at radius 1 is 1.56 bits per heavy atom. The van der Waals surface area contributed by atoms with Crippen LogP contribution >= 0.6 is 0 Å². The summed E-state index contributed by atoms with van der Waals surface area (Å²) in [7, 11) is 0. The van der Waals surface area contributed by atoms with Crippen molar-refractivity contribution in [3.63, 3.8) is 0 Å². The van der Waals surface area contributed by atoms with Crippen LogP contribution in [0.25, 0.3) is 0 Å². The van der Waals surface area contributed by atoms with Crippen LogP contribution < -0.4 is 0 Å². The first-order chi connectivity index (χ1) is 7.28. The van der Waals surface area contributed by atoms with Crippen molar-refractivity contribution in [1.82, 2.24) is 9.55 Å². The molecule has 16 heavy (non-hydrogen) atoms. The van der Waals surface area contributed by atoms with E-state index in [0.29, 0.717) is 0 Å². The molecule has 0 aliphatic heterocycles. The number of aromatic nitrogens is 2. The largest absolute Gasteiger partial charge is 0.477 e. The minimum Gasteiger partial charge on any atom is -0.477 e. The smallest absolute Gasteiger partial charge is 0.377 e. The number of alkyl halides is 2. The Hall–Kier alpha value is -1.50. The van der Waals surface area contributed by atoms with Crippen molar-refractivity contribution < 1.29 is 23.8 Å². The number of hydrogen-bond acceptors (Lipinski definition) is 3. The van der Waals surface area contributed by atoms with Gasteiger partial charge in [0.15, 0.2) is 6.10 Å². The zero-order valence-corrected chi connectivity index (χ0v) is 8.76. The van der Waals surface area contributed by atoms with Gasteiger partial charge < -0.3 is 14.8 Å². The molecule has 0 fully saturated rings. The minimum atomic E-state index is -4.23. The summed E-state index contributed by atoms with van der Waals surface area (Å²) in [6, 6.07) is -0.197. The Kier molecular flexibility index (Phi) is 3.27. The molecule has 1 aromatic rings. The number of hydrogen-bond donors (Lipinski definition) is 2. The molecule has 7 heteroatoms. The summed E-state index contributed by atoms with van der Waals surface area (Å²) < 4.78 is 27.4. The first-order valence-corrected chi connectivity index (χ1v) is 4.59. The average Bonchev–Trinajstić information content (AvgIpc) is 2.64. The van der Waals surface area contributed by atoms with Gasteiger partial charge in [-0.15, -0.1) is 0 Å². The highest BCUT2D eigenvalue weighted by Crippen LogP contribution is 2.32. The predicted octanol–water partition coefficient (Wildman–Crippen LogP) is 1.22. The van der Waals surface area contributed by atoms with Gasteiger partial charge in [-0.2, -0.15) is 8.78 Å². The lowest BCUT2D eigenvalue weighted by Gasteiger charge is -2.21. The molecule has 0 spiro atoms. The Balaban J connectivity index is 3.10. The summed E-state index contributed by atoms with van der Waals surface area (Å²) in [6.07, 6.45) is -0.113. The highest BCUT2D eigenvalue weighted by Gasteiger charge is 2.49. The van der Waals surface area contributed by atoms with Crippen molar-refractivity contribution >= 4 is 5.97 Å². The number of aliphatic hydroxyl groups excluding tert-OH is 1. The Morgan fingerprint density at radius 2 is 2.12 bits per heavy atom. The van der Waals surface area contributed by atoms with Crippen molar-refractivity contribution in [2.24, 2.45) is 0 Å². The molecule has 0 radical (unpaired) electrons. The van der Waals surface area contributed by atoms with Crippen molar-refractivity contribution in [2.75, 3.05) is 0 Å². The summed E-state index contributed by atoms with van der Waals surface area (Å²) in [4.78, 5) is 13.9. The van der Waals surface area contributed by atoms with Crippen LogP contribution in [0.2, 0.25) is 0 Å². The first kappa shape index (κ1) is 12.6.